The lowest BCUT2D eigenvalue weighted by molar-refractivity contribution is 0.222. The maximum atomic E-state index is 13.0. The number of piperazine rings is 1. The zero-order valence-electron chi connectivity index (χ0n) is 14.7. The summed E-state index contributed by atoms with van der Waals surface area (Å²) in [5.74, 6) is 0. The van der Waals surface area contributed by atoms with E-state index < -0.39 is 10.0 Å². The van der Waals surface area contributed by atoms with E-state index in [0.717, 1.165) is 18.7 Å². The predicted molar refractivity (Wildman–Crippen MR) is 101 cm³/mol. The lowest BCUT2D eigenvalue weighted by Crippen LogP contribution is -2.47. The van der Waals surface area contributed by atoms with Crippen LogP contribution in [0.3, 0.4) is 0 Å². The molecule has 0 saturated carbocycles. The molecule has 138 valence electrons. The normalized spacial score (nSPS) is 16.8. The standard InChI is InChI=1S/C18H23N5O2S/c1-22-10-12-23(13-11-22)26(24,25)18-5-3-2-4-17(18)15-21-20-14-16-6-8-19-9-7-16/h2-9,15,20H,10-14H2,1H3. The lowest BCUT2D eigenvalue weighted by atomic mass is 10.2. The first-order valence-corrected chi connectivity index (χ1v) is 9.94. The highest BCUT2D eigenvalue weighted by Gasteiger charge is 2.28. The number of pyridine rings is 1. The van der Waals surface area contributed by atoms with Gasteiger partial charge in [0.2, 0.25) is 10.0 Å². The van der Waals surface area contributed by atoms with Gasteiger partial charge in [0, 0.05) is 44.1 Å². The van der Waals surface area contributed by atoms with Crippen LogP contribution in [0.25, 0.3) is 0 Å². The summed E-state index contributed by atoms with van der Waals surface area (Å²) < 4.78 is 27.5. The number of nitrogens with zero attached hydrogens (tertiary/aromatic N) is 4. The van der Waals surface area contributed by atoms with Gasteiger partial charge in [-0.05, 0) is 30.8 Å². The number of rotatable bonds is 6. The molecule has 0 bridgehead atoms. The topological polar surface area (TPSA) is 77.9 Å². The second kappa shape index (κ2) is 8.39. The maximum Gasteiger partial charge on any atom is 0.243 e. The first-order chi connectivity index (χ1) is 12.6. The molecule has 1 aliphatic rings. The summed E-state index contributed by atoms with van der Waals surface area (Å²) in [5, 5.41) is 4.18. The van der Waals surface area contributed by atoms with Crippen LogP contribution in [0.1, 0.15) is 11.1 Å². The minimum absolute atomic E-state index is 0.291. The van der Waals surface area contributed by atoms with E-state index in [0.29, 0.717) is 30.1 Å². The van der Waals surface area contributed by atoms with Crippen LogP contribution in [0.2, 0.25) is 0 Å². The molecule has 26 heavy (non-hydrogen) atoms. The summed E-state index contributed by atoms with van der Waals surface area (Å²) in [6.07, 6.45) is 5.00. The van der Waals surface area contributed by atoms with Crippen molar-refractivity contribution in [3.05, 3.63) is 59.9 Å². The second-order valence-electron chi connectivity index (χ2n) is 6.19. The summed E-state index contributed by atoms with van der Waals surface area (Å²) in [6.45, 7) is 3.04. The molecule has 8 heteroatoms. The Hall–Kier alpha value is -2.29. The summed E-state index contributed by atoms with van der Waals surface area (Å²) >= 11 is 0. The van der Waals surface area contributed by atoms with Gasteiger partial charge in [-0.2, -0.15) is 9.41 Å². The van der Waals surface area contributed by atoms with E-state index >= 15 is 0 Å². The second-order valence-corrected chi connectivity index (χ2v) is 8.10. The van der Waals surface area contributed by atoms with Gasteiger partial charge in [0.1, 0.15) is 0 Å². The third-order valence-electron chi connectivity index (χ3n) is 4.33. The molecule has 0 atom stereocenters. The van der Waals surface area contributed by atoms with Crippen LogP contribution in [-0.2, 0) is 16.6 Å². The Morgan fingerprint density at radius 2 is 1.81 bits per heavy atom. The van der Waals surface area contributed by atoms with E-state index in [2.05, 4.69) is 20.4 Å². The average Bonchev–Trinajstić information content (AvgIpc) is 2.67. The van der Waals surface area contributed by atoms with Crippen LogP contribution in [0.15, 0.2) is 58.8 Å². The number of hydrogen-bond donors (Lipinski definition) is 1. The number of likely N-dealkylation sites (N-methyl/N-ethyl adjacent to an activating group) is 1. The average molecular weight is 373 g/mol. The Morgan fingerprint density at radius 1 is 1.12 bits per heavy atom. The molecule has 0 spiro atoms. The molecule has 1 fully saturated rings. The number of sulfonamides is 1. The maximum absolute atomic E-state index is 13.0. The Morgan fingerprint density at radius 3 is 2.54 bits per heavy atom. The highest BCUT2D eigenvalue weighted by molar-refractivity contribution is 7.89. The van der Waals surface area contributed by atoms with Gasteiger partial charge in [-0.25, -0.2) is 8.42 Å². The first kappa shape index (κ1) is 18.5. The molecule has 1 aliphatic heterocycles. The molecule has 1 aromatic heterocycles. The molecule has 0 amide bonds. The molecule has 0 radical (unpaired) electrons. The summed E-state index contributed by atoms with van der Waals surface area (Å²) in [5.41, 5.74) is 4.57. The van der Waals surface area contributed by atoms with Crippen LogP contribution < -0.4 is 5.43 Å². The SMILES string of the molecule is CN1CCN(S(=O)(=O)c2ccccc2C=NNCc2ccncc2)CC1. The van der Waals surface area contributed by atoms with Crippen molar-refractivity contribution >= 4 is 16.2 Å². The van der Waals surface area contributed by atoms with Gasteiger partial charge in [0.25, 0.3) is 0 Å². The monoisotopic (exact) mass is 373 g/mol. The van der Waals surface area contributed by atoms with E-state index in [4.69, 9.17) is 0 Å². The highest BCUT2D eigenvalue weighted by Crippen LogP contribution is 2.20. The van der Waals surface area contributed by atoms with Crippen LogP contribution >= 0.6 is 0 Å². The number of benzene rings is 1. The van der Waals surface area contributed by atoms with Gasteiger partial charge >= 0.3 is 0 Å². The molecule has 3 rings (SSSR count). The minimum atomic E-state index is -3.53. The number of hydrogen-bond acceptors (Lipinski definition) is 6. The van der Waals surface area contributed by atoms with E-state index in [9.17, 15) is 8.42 Å². The Bertz CT molecular complexity index is 847. The van der Waals surface area contributed by atoms with E-state index in [1.54, 1.807) is 41.1 Å². The summed E-state index contributed by atoms with van der Waals surface area (Å²) in [6, 6.07) is 10.7. The van der Waals surface area contributed by atoms with Gasteiger partial charge in [-0.3, -0.25) is 4.98 Å². The third-order valence-corrected chi connectivity index (χ3v) is 6.30. The fraction of sp³-hybridized carbons (Fsp3) is 0.333. The van der Waals surface area contributed by atoms with Gasteiger partial charge in [-0.15, -0.1) is 0 Å². The molecule has 1 aromatic carbocycles. The highest BCUT2D eigenvalue weighted by atomic mass is 32.2. The smallest absolute Gasteiger partial charge is 0.243 e. The molecule has 2 aromatic rings. The van der Waals surface area contributed by atoms with Crippen LogP contribution in [0.5, 0.6) is 0 Å². The quantitative estimate of drug-likeness (QED) is 0.607. The predicted octanol–water partition coefficient (Wildman–Crippen LogP) is 1.14. The molecule has 0 unspecified atom stereocenters. The fourth-order valence-corrected chi connectivity index (χ4v) is 4.33. The zero-order chi connectivity index (χ0) is 18.4. The molecule has 1 saturated heterocycles. The number of hydrazone groups is 1. The van der Waals surface area contributed by atoms with Crippen molar-refractivity contribution in [2.45, 2.75) is 11.4 Å². The van der Waals surface area contributed by atoms with Crippen molar-refractivity contribution in [1.29, 1.82) is 0 Å². The van der Waals surface area contributed by atoms with Crippen LogP contribution in [0.4, 0.5) is 0 Å². The lowest BCUT2D eigenvalue weighted by Gasteiger charge is -2.31. The molecule has 7 nitrogen and oxygen atoms in total. The van der Waals surface area contributed by atoms with Crippen molar-refractivity contribution in [3.8, 4) is 0 Å². The van der Waals surface area contributed by atoms with Gasteiger partial charge in [-0.1, -0.05) is 18.2 Å². The Kier molecular flexibility index (Phi) is 5.97. The van der Waals surface area contributed by atoms with Crippen molar-refractivity contribution in [2.24, 2.45) is 5.10 Å². The molecule has 0 aliphatic carbocycles. The molecular formula is C18H23N5O2S. The van der Waals surface area contributed by atoms with E-state index in [1.807, 2.05) is 25.2 Å². The summed E-state index contributed by atoms with van der Waals surface area (Å²) in [7, 11) is -1.53. The van der Waals surface area contributed by atoms with Crippen molar-refractivity contribution in [2.75, 3.05) is 33.2 Å². The van der Waals surface area contributed by atoms with Crippen molar-refractivity contribution in [1.82, 2.24) is 19.6 Å². The molecule has 2 heterocycles. The van der Waals surface area contributed by atoms with Crippen LogP contribution in [-0.4, -0.2) is 62.0 Å². The third kappa shape index (κ3) is 4.46. The van der Waals surface area contributed by atoms with E-state index in [1.165, 1.54) is 0 Å². The van der Waals surface area contributed by atoms with Gasteiger partial charge in [0.05, 0.1) is 17.7 Å². The number of nitrogens with one attached hydrogen (secondary N) is 1. The van der Waals surface area contributed by atoms with E-state index in [-0.39, 0.29) is 0 Å². The van der Waals surface area contributed by atoms with Gasteiger partial charge < -0.3 is 10.3 Å². The first-order valence-electron chi connectivity index (χ1n) is 8.50. The molecular weight excluding hydrogens is 350 g/mol. The largest absolute Gasteiger partial charge is 0.306 e. The zero-order valence-corrected chi connectivity index (χ0v) is 15.6. The van der Waals surface area contributed by atoms with Crippen LogP contribution in [0, 0.1) is 0 Å². The Labute approximate surface area is 154 Å². The van der Waals surface area contributed by atoms with Crippen molar-refractivity contribution in [3.63, 3.8) is 0 Å². The summed E-state index contributed by atoms with van der Waals surface area (Å²) in [4.78, 5) is 6.39. The van der Waals surface area contributed by atoms with Gasteiger partial charge in [0.15, 0.2) is 0 Å². The molecule has 1 N–H and O–H groups in total. The minimum Gasteiger partial charge on any atom is -0.306 e. The fourth-order valence-electron chi connectivity index (χ4n) is 2.74. The Balaban J connectivity index is 1.72. The number of aromatic nitrogens is 1. The van der Waals surface area contributed by atoms with Crippen molar-refractivity contribution < 1.29 is 8.42 Å².